The van der Waals surface area contributed by atoms with Gasteiger partial charge >= 0.3 is 19.8 Å². The molecule has 13 heavy (non-hydrogen) atoms. The Labute approximate surface area is 71.6 Å². The highest BCUT2D eigenvalue weighted by atomic mass is 31.1. The lowest BCUT2D eigenvalue weighted by Crippen LogP contribution is -2.40. The summed E-state index contributed by atoms with van der Waals surface area (Å²) in [6, 6.07) is 0. The molecule has 0 aromatic rings. The molecule has 0 fully saturated rings. The van der Waals surface area contributed by atoms with E-state index in [1.54, 1.807) is 0 Å². The number of rotatable bonds is 5. The molecule has 0 aliphatic rings. The predicted octanol–water partition coefficient (Wildman–Crippen LogP) is -1.01. The van der Waals surface area contributed by atoms with Crippen molar-refractivity contribution < 1.29 is 38.6 Å². The van der Waals surface area contributed by atoms with Gasteiger partial charge in [-0.3, -0.25) is 4.52 Å². The molecule has 0 spiro atoms. The Morgan fingerprint density at radius 3 is 1.85 bits per heavy atom. The lowest BCUT2D eigenvalue weighted by molar-refractivity contribution is -0.163. The molecular formula is C4H5O8P. The number of aliphatic carboxylic acids is 2. The summed E-state index contributed by atoms with van der Waals surface area (Å²) >= 11 is 0. The van der Waals surface area contributed by atoms with Crippen LogP contribution in [0.4, 0.5) is 0 Å². The van der Waals surface area contributed by atoms with Crippen molar-refractivity contribution in [3.05, 3.63) is 0 Å². The van der Waals surface area contributed by atoms with Crippen molar-refractivity contribution in [3.63, 3.8) is 0 Å². The van der Waals surface area contributed by atoms with Gasteiger partial charge in [-0.05, 0) is 0 Å². The second-order valence-corrected chi connectivity index (χ2v) is 2.53. The number of carboxylic acid groups (broad SMARTS) is 2. The largest absolute Gasteiger partial charge is 0.479 e. The molecule has 0 radical (unpaired) electrons. The fourth-order valence-electron chi connectivity index (χ4n) is 0.460. The first kappa shape index (κ1) is 11.8. The van der Waals surface area contributed by atoms with E-state index < -0.39 is 32.1 Å². The molecule has 8 nitrogen and oxygen atoms in total. The van der Waals surface area contributed by atoms with Crippen LogP contribution in [-0.4, -0.2) is 39.5 Å². The first-order valence-electron chi connectivity index (χ1n) is 2.81. The highest BCUT2D eigenvalue weighted by molar-refractivity contribution is 7.24. The molecule has 0 heterocycles. The zero-order valence-electron chi connectivity index (χ0n) is 5.98. The van der Waals surface area contributed by atoms with Crippen molar-refractivity contribution in [2.45, 2.75) is 12.2 Å². The molecule has 0 rings (SSSR count). The van der Waals surface area contributed by atoms with Gasteiger partial charge in [0.2, 0.25) is 6.10 Å². The molecule has 0 saturated carbocycles. The minimum atomic E-state index is -3.53. The smallest absolute Gasteiger partial charge is 0.469 e. The maximum absolute atomic E-state index is 10.2. The molecule has 0 aliphatic carbocycles. The first-order chi connectivity index (χ1) is 5.86. The maximum Gasteiger partial charge on any atom is 0.469 e. The third-order valence-electron chi connectivity index (χ3n) is 0.983. The molecule has 0 saturated heterocycles. The average Bonchev–Trinajstić information content (AvgIpc) is 1.97. The van der Waals surface area contributed by atoms with Gasteiger partial charge in [0.15, 0.2) is 6.10 Å². The average molecular weight is 212 g/mol. The molecule has 9 heteroatoms. The van der Waals surface area contributed by atoms with Gasteiger partial charge in [0.1, 0.15) is 0 Å². The minimum Gasteiger partial charge on any atom is -0.479 e. The topological polar surface area (TPSA) is 138 Å². The van der Waals surface area contributed by atoms with E-state index in [0.717, 1.165) is 0 Å². The Kier molecular flexibility index (Phi) is 4.26. The van der Waals surface area contributed by atoms with Crippen molar-refractivity contribution in [2.75, 3.05) is 0 Å². The standard InChI is InChI=1S/C4H5O8P/c5-1(3(6)7)2(4(8)9)12-13(10)11/h1-2,5H,(H,6,7)(H,8,9). The van der Waals surface area contributed by atoms with E-state index in [0.29, 0.717) is 0 Å². The van der Waals surface area contributed by atoms with Crippen LogP contribution in [0.1, 0.15) is 0 Å². The summed E-state index contributed by atoms with van der Waals surface area (Å²) in [5.41, 5.74) is 0. The summed E-state index contributed by atoms with van der Waals surface area (Å²) in [4.78, 5) is 20.2. The van der Waals surface area contributed by atoms with Crippen molar-refractivity contribution in [1.29, 1.82) is 0 Å². The Balaban J connectivity index is 4.60. The lowest BCUT2D eigenvalue weighted by atomic mass is 10.2. The Bertz CT molecular complexity index is 272. The van der Waals surface area contributed by atoms with Gasteiger partial charge < -0.3 is 15.3 Å². The van der Waals surface area contributed by atoms with Crippen LogP contribution in [0.15, 0.2) is 0 Å². The maximum atomic E-state index is 10.2. The summed E-state index contributed by atoms with van der Waals surface area (Å²) in [6.07, 6.45) is -4.75. The summed E-state index contributed by atoms with van der Waals surface area (Å²) in [6.45, 7) is 0. The van der Waals surface area contributed by atoms with Crippen molar-refractivity contribution >= 4 is 19.8 Å². The van der Waals surface area contributed by atoms with Gasteiger partial charge in [-0.25, -0.2) is 18.7 Å². The number of hydrogen-bond acceptors (Lipinski definition) is 6. The monoisotopic (exact) mass is 212 g/mol. The van der Waals surface area contributed by atoms with E-state index in [4.69, 9.17) is 15.3 Å². The number of aliphatic hydroxyl groups is 1. The molecule has 0 aromatic heterocycles. The van der Waals surface area contributed by atoms with Gasteiger partial charge in [0, 0.05) is 0 Å². The van der Waals surface area contributed by atoms with Gasteiger partial charge in [-0.1, -0.05) is 0 Å². The fourth-order valence-corrected chi connectivity index (χ4v) is 0.851. The number of carbonyl (C=O) groups is 2. The lowest BCUT2D eigenvalue weighted by Gasteiger charge is -2.10. The van der Waals surface area contributed by atoms with Gasteiger partial charge in [-0.15, -0.1) is 0 Å². The molecule has 0 bridgehead atoms. The van der Waals surface area contributed by atoms with Crippen LogP contribution in [0.3, 0.4) is 0 Å². The highest BCUT2D eigenvalue weighted by Crippen LogP contribution is 2.13. The van der Waals surface area contributed by atoms with Gasteiger partial charge in [0.05, 0.1) is 0 Å². The summed E-state index contributed by atoms with van der Waals surface area (Å²) < 4.78 is 23.4. The SMILES string of the molecule is O=C(O)C(O)C(OP(=O)=O)C(=O)O. The number of carboxylic acids is 2. The van der Waals surface area contributed by atoms with E-state index in [1.807, 2.05) is 0 Å². The fraction of sp³-hybridized carbons (Fsp3) is 0.500. The molecule has 3 N–H and O–H groups in total. The third-order valence-corrected chi connectivity index (χ3v) is 1.38. The molecule has 74 valence electrons. The molecule has 2 atom stereocenters. The minimum absolute atomic E-state index is 1.88. The summed E-state index contributed by atoms with van der Waals surface area (Å²) in [5.74, 6) is -3.77. The number of aliphatic hydroxyl groups excluding tert-OH is 1. The van der Waals surface area contributed by atoms with E-state index in [2.05, 4.69) is 4.52 Å². The molecule has 2 unspecified atom stereocenters. The van der Waals surface area contributed by atoms with Crippen LogP contribution in [0.25, 0.3) is 0 Å². The highest BCUT2D eigenvalue weighted by Gasteiger charge is 2.34. The van der Waals surface area contributed by atoms with Crippen LogP contribution in [0.2, 0.25) is 0 Å². The van der Waals surface area contributed by atoms with Crippen LogP contribution in [0.5, 0.6) is 0 Å². The van der Waals surface area contributed by atoms with Crippen molar-refractivity contribution in [3.8, 4) is 0 Å². The van der Waals surface area contributed by atoms with Crippen LogP contribution in [-0.2, 0) is 23.2 Å². The summed E-state index contributed by atoms with van der Waals surface area (Å²) in [5, 5.41) is 25.0. The zero-order valence-corrected chi connectivity index (χ0v) is 6.88. The van der Waals surface area contributed by atoms with E-state index >= 15 is 0 Å². The van der Waals surface area contributed by atoms with Crippen LogP contribution >= 0.6 is 7.91 Å². The Morgan fingerprint density at radius 2 is 1.62 bits per heavy atom. The van der Waals surface area contributed by atoms with Crippen molar-refractivity contribution in [2.24, 2.45) is 0 Å². The molecule has 0 aromatic carbocycles. The van der Waals surface area contributed by atoms with E-state index in [9.17, 15) is 18.7 Å². The van der Waals surface area contributed by atoms with Crippen LogP contribution in [0, 0.1) is 0 Å². The molecule has 0 aliphatic heterocycles. The second-order valence-electron chi connectivity index (χ2n) is 1.87. The number of hydrogen-bond donors (Lipinski definition) is 3. The van der Waals surface area contributed by atoms with Crippen molar-refractivity contribution in [1.82, 2.24) is 0 Å². The Hall–Kier alpha value is -1.24. The quantitative estimate of drug-likeness (QED) is 0.492. The molecular weight excluding hydrogens is 207 g/mol. The van der Waals surface area contributed by atoms with Gasteiger partial charge in [-0.2, -0.15) is 0 Å². The summed E-state index contributed by atoms with van der Waals surface area (Å²) in [7, 11) is -3.53. The second kappa shape index (κ2) is 4.70. The Morgan fingerprint density at radius 1 is 1.15 bits per heavy atom. The third kappa shape index (κ3) is 3.79. The normalized spacial score (nSPS) is 14.5. The van der Waals surface area contributed by atoms with Gasteiger partial charge in [0.25, 0.3) is 0 Å². The molecule has 0 amide bonds. The van der Waals surface area contributed by atoms with E-state index in [1.165, 1.54) is 0 Å². The van der Waals surface area contributed by atoms with E-state index in [-0.39, 0.29) is 0 Å². The van der Waals surface area contributed by atoms with Crippen LogP contribution < -0.4 is 0 Å². The zero-order chi connectivity index (χ0) is 10.6. The first-order valence-corrected chi connectivity index (χ1v) is 3.90. The predicted molar refractivity (Wildman–Crippen MR) is 34.4 cm³/mol.